The van der Waals surface area contributed by atoms with Gasteiger partial charge in [0, 0.05) is 31.2 Å². The summed E-state index contributed by atoms with van der Waals surface area (Å²) in [4.78, 5) is 6.60. The fraction of sp³-hybridized carbons (Fsp3) is 0.357. The minimum Gasteiger partial charge on any atom is -0.392 e. The maximum atomic E-state index is 9.51. The van der Waals surface area contributed by atoms with Crippen LogP contribution in [0.1, 0.15) is 12.0 Å². The minimum absolute atomic E-state index is 0.168. The van der Waals surface area contributed by atoms with E-state index in [0.717, 1.165) is 42.0 Å². The molecule has 2 aromatic rings. The normalized spacial score (nSPS) is 20.7. The predicted molar refractivity (Wildman–Crippen MR) is 72.7 cm³/mol. The lowest BCUT2D eigenvalue weighted by molar-refractivity contribution is 0.175. The molecule has 18 heavy (non-hydrogen) atoms. The molecular formula is C14H15ClN2O. The van der Waals surface area contributed by atoms with Crippen LogP contribution in [0.3, 0.4) is 0 Å². The Morgan fingerprint density at radius 1 is 1.39 bits per heavy atom. The number of β-amino-alcohol motifs (C(OH)–C–C–N with tert-alkyl or cyclic N) is 1. The van der Waals surface area contributed by atoms with Gasteiger partial charge in [-0.2, -0.15) is 0 Å². The molecule has 1 aromatic carbocycles. The summed E-state index contributed by atoms with van der Waals surface area (Å²) in [7, 11) is 0. The van der Waals surface area contributed by atoms with Crippen molar-refractivity contribution in [3.8, 4) is 0 Å². The van der Waals surface area contributed by atoms with Crippen LogP contribution in [0, 0.1) is 0 Å². The number of halogens is 1. The van der Waals surface area contributed by atoms with Crippen molar-refractivity contribution in [1.29, 1.82) is 0 Å². The van der Waals surface area contributed by atoms with Crippen LogP contribution >= 0.6 is 11.6 Å². The molecule has 0 radical (unpaired) electrons. The number of likely N-dealkylation sites (tertiary alicyclic amines) is 1. The van der Waals surface area contributed by atoms with E-state index in [1.54, 1.807) is 12.3 Å². The molecule has 0 spiro atoms. The van der Waals surface area contributed by atoms with Gasteiger partial charge < -0.3 is 5.11 Å². The van der Waals surface area contributed by atoms with E-state index < -0.39 is 0 Å². The van der Waals surface area contributed by atoms with Gasteiger partial charge in [-0.1, -0.05) is 23.7 Å². The zero-order valence-electron chi connectivity index (χ0n) is 10.0. The van der Waals surface area contributed by atoms with Crippen LogP contribution in [0.4, 0.5) is 0 Å². The predicted octanol–water partition coefficient (Wildman–Crippen LogP) is 2.45. The molecule has 1 atom stereocenters. The molecule has 1 unspecified atom stereocenters. The summed E-state index contributed by atoms with van der Waals surface area (Å²) in [5.41, 5.74) is 2.14. The van der Waals surface area contributed by atoms with Gasteiger partial charge in [0.1, 0.15) is 0 Å². The highest BCUT2D eigenvalue weighted by Gasteiger charge is 2.19. The van der Waals surface area contributed by atoms with E-state index in [-0.39, 0.29) is 6.10 Å². The van der Waals surface area contributed by atoms with Crippen molar-refractivity contribution in [3.63, 3.8) is 0 Å². The Hall–Kier alpha value is -1.16. The average Bonchev–Trinajstić information content (AvgIpc) is 2.75. The van der Waals surface area contributed by atoms with Crippen LogP contribution in [0.2, 0.25) is 5.02 Å². The minimum atomic E-state index is -0.168. The molecule has 0 saturated carbocycles. The highest BCUT2D eigenvalue weighted by molar-refractivity contribution is 6.35. The van der Waals surface area contributed by atoms with Crippen molar-refractivity contribution in [3.05, 3.63) is 41.0 Å². The fourth-order valence-corrected chi connectivity index (χ4v) is 2.69. The molecule has 0 amide bonds. The quantitative estimate of drug-likeness (QED) is 0.903. The van der Waals surface area contributed by atoms with Crippen molar-refractivity contribution in [2.75, 3.05) is 13.1 Å². The van der Waals surface area contributed by atoms with Gasteiger partial charge in [0.05, 0.1) is 16.6 Å². The van der Waals surface area contributed by atoms with E-state index in [1.807, 2.05) is 6.07 Å². The number of hydrogen-bond donors (Lipinski definition) is 1. The molecule has 1 fully saturated rings. The molecule has 1 saturated heterocycles. The topological polar surface area (TPSA) is 36.4 Å². The maximum Gasteiger partial charge on any atom is 0.0720 e. The second-order valence-corrected chi connectivity index (χ2v) is 5.23. The Labute approximate surface area is 111 Å². The highest BCUT2D eigenvalue weighted by atomic mass is 35.5. The molecule has 1 aliphatic rings. The Balaban J connectivity index is 1.85. The third kappa shape index (κ3) is 2.34. The summed E-state index contributed by atoms with van der Waals surface area (Å²) >= 11 is 6.12. The van der Waals surface area contributed by atoms with E-state index in [9.17, 15) is 5.11 Å². The van der Waals surface area contributed by atoms with Crippen LogP contribution in [0.5, 0.6) is 0 Å². The summed E-state index contributed by atoms with van der Waals surface area (Å²) in [6.45, 7) is 2.59. The number of aliphatic hydroxyl groups excluding tert-OH is 1. The zero-order valence-corrected chi connectivity index (χ0v) is 10.8. The Bertz CT molecular complexity index is 573. The van der Waals surface area contributed by atoms with Gasteiger partial charge in [0.25, 0.3) is 0 Å². The first-order valence-corrected chi connectivity index (χ1v) is 6.54. The van der Waals surface area contributed by atoms with Gasteiger partial charge >= 0.3 is 0 Å². The van der Waals surface area contributed by atoms with Crippen molar-refractivity contribution < 1.29 is 5.11 Å². The third-order valence-electron chi connectivity index (χ3n) is 3.41. The van der Waals surface area contributed by atoms with Gasteiger partial charge in [0.15, 0.2) is 0 Å². The monoisotopic (exact) mass is 262 g/mol. The average molecular weight is 263 g/mol. The number of nitrogens with zero attached hydrogens (tertiary/aromatic N) is 2. The Kier molecular flexibility index (Phi) is 3.20. The van der Waals surface area contributed by atoms with E-state index in [0.29, 0.717) is 0 Å². The van der Waals surface area contributed by atoms with Crippen LogP contribution in [-0.2, 0) is 6.54 Å². The van der Waals surface area contributed by atoms with Crippen LogP contribution in [-0.4, -0.2) is 34.2 Å². The molecule has 94 valence electrons. The van der Waals surface area contributed by atoms with E-state index in [1.165, 1.54) is 5.56 Å². The molecule has 3 nitrogen and oxygen atoms in total. The maximum absolute atomic E-state index is 9.51. The van der Waals surface area contributed by atoms with Crippen molar-refractivity contribution in [2.45, 2.75) is 19.1 Å². The van der Waals surface area contributed by atoms with Gasteiger partial charge in [-0.05, 0) is 24.1 Å². The van der Waals surface area contributed by atoms with E-state index in [2.05, 4.69) is 22.0 Å². The first-order valence-electron chi connectivity index (χ1n) is 6.16. The molecule has 2 heterocycles. The lowest BCUT2D eigenvalue weighted by atomic mass is 10.1. The second kappa shape index (κ2) is 4.84. The molecule has 4 heteroatoms. The summed E-state index contributed by atoms with van der Waals surface area (Å²) in [5.74, 6) is 0. The van der Waals surface area contributed by atoms with Crippen LogP contribution in [0.25, 0.3) is 10.9 Å². The Morgan fingerprint density at radius 3 is 3.06 bits per heavy atom. The molecule has 0 bridgehead atoms. The van der Waals surface area contributed by atoms with E-state index >= 15 is 0 Å². The number of aromatic nitrogens is 1. The number of hydrogen-bond acceptors (Lipinski definition) is 3. The number of pyridine rings is 1. The molecule has 1 aromatic heterocycles. The number of benzene rings is 1. The van der Waals surface area contributed by atoms with Gasteiger partial charge in [-0.15, -0.1) is 0 Å². The van der Waals surface area contributed by atoms with E-state index in [4.69, 9.17) is 11.6 Å². The SMILES string of the molecule is OC1CCN(Cc2ccc3c(Cl)ccnc3c2)C1. The summed E-state index contributed by atoms with van der Waals surface area (Å²) in [6, 6.07) is 7.99. The largest absolute Gasteiger partial charge is 0.392 e. The van der Waals surface area contributed by atoms with Crippen LogP contribution in [0.15, 0.2) is 30.5 Å². The Morgan fingerprint density at radius 2 is 2.28 bits per heavy atom. The summed E-state index contributed by atoms with van der Waals surface area (Å²) < 4.78 is 0. The molecule has 1 N–H and O–H groups in total. The lowest BCUT2D eigenvalue weighted by Gasteiger charge is -2.15. The fourth-order valence-electron chi connectivity index (χ4n) is 2.47. The lowest BCUT2D eigenvalue weighted by Crippen LogP contribution is -2.21. The van der Waals surface area contributed by atoms with Gasteiger partial charge in [-0.25, -0.2) is 0 Å². The third-order valence-corrected chi connectivity index (χ3v) is 3.74. The molecule has 0 aliphatic carbocycles. The molecule has 1 aliphatic heterocycles. The highest BCUT2D eigenvalue weighted by Crippen LogP contribution is 2.23. The first-order chi connectivity index (χ1) is 8.72. The zero-order chi connectivity index (χ0) is 12.5. The van der Waals surface area contributed by atoms with Gasteiger partial charge in [-0.3, -0.25) is 9.88 Å². The summed E-state index contributed by atoms with van der Waals surface area (Å²) in [6.07, 6.45) is 2.43. The van der Waals surface area contributed by atoms with Crippen molar-refractivity contribution in [1.82, 2.24) is 9.88 Å². The second-order valence-electron chi connectivity index (χ2n) is 4.82. The number of rotatable bonds is 2. The van der Waals surface area contributed by atoms with Crippen molar-refractivity contribution >= 4 is 22.5 Å². The van der Waals surface area contributed by atoms with Crippen LogP contribution < -0.4 is 0 Å². The molecule has 3 rings (SSSR count). The number of fused-ring (bicyclic) bond motifs is 1. The molecular weight excluding hydrogens is 248 g/mol. The standard InChI is InChI=1S/C14H15ClN2O/c15-13-3-5-16-14-7-10(1-2-12(13)14)8-17-6-4-11(18)9-17/h1-3,5,7,11,18H,4,6,8-9H2. The summed E-state index contributed by atoms with van der Waals surface area (Å²) in [5, 5.41) is 11.2. The van der Waals surface area contributed by atoms with Crippen molar-refractivity contribution in [2.24, 2.45) is 0 Å². The van der Waals surface area contributed by atoms with Gasteiger partial charge in [0.2, 0.25) is 0 Å². The first kappa shape index (κ1) is 11.9. The smallest absolute Gasteiger partial charge is 0.0720 e. The number of aliphatic hydroxyl groups is 1.